The highest BCUT2D eigenvalue weighted by atomic mass is 16.2. The van der Waals surface area contributed by atoms with Gasteiger partial charge in [0.25, 0.3) is 0 Å². The lowest BCUT2D eigenvalue weighted by atomic mass is 9.99. The molecule has 1 N–H and O–H groups in total. The number of piperazine rings is 1. The van der Waals surface area contributed by atoms with Gasteiger partial charge in [0, 0.05) is 38.6 Å². The minimum Gasteiger partial charge on any atom is -0.338 e. The van der Waals surface area contributed by atoms with Crippen LogP contribution in [0.5, 0.6) is 0 Å². The summed E-state index contributed by atoms with van der Waals surface area (Å²) in [4.78, 5) is 28.3. The Kier molecular flexibility index (Phi) is 4.80. The van der Waals surface area contributed by atoms with E-state index < -0.39 is 0 Å². The summed E-state index contributed by atoms with van der Waals surface area (Å²) in [5, 5.41) is 3.34. The first kappa shape index (κ1) is 14.3. The Morgan fingerprint density at radius 2 is 2.05 bits per heavy atom. The second-order valence-electron chi connectivity index (χ2n) is 5.59. The van der Waals surface area contributed by atoms with Gasteiger partial charge >= 0.3 is 0 Å². The topological polar surface area (TPSA) is 52.7 Å². The summed E-state index contributed by atoms with van der Waals surface area (Å²) in [6, 6.07) is 0.128. The molecular weight excluding hydrogens is 242 g/mol. The van der Waals surface area contributed by atoms with E-state index in [1.807, 2.05) is 11.8 Å². The Morgan fingerprint density at radius 3 is 2.74 bits per heavy atom. The van der Waals surface area contributed by atoms with Crippen LogP contribution in [0.1, 0.15) is 39.5 Å². The SMILES string of the molecule is CCC(=O)N1CCCCC1C(=O)N1CCNC(C)C1. The van der Waals surface area contributed by atoms with E-state index >= 15 is 0 Å². The van der Waals surface area contributed by atoms with Crippen molar-refractivity contribution >= 4 is 11.8 Å². The highest BCUT2D eigenvalue weighted by molar-refractivity contribution is 5.88. The van der Waals surface area contributed by atoms with Gasteiger partial charge in [0.2, 0.25) is 11.8 Å². The third-order valence-corrected chi connectivity index (χ3v) is 4.09. The minimum absolute atomic E-state index is 0.112. The fraction of sp³-hybridized carbons (Fsp3) is 0.857. The number of hydrogen-bond acceptors (Lipinski definition) is 3. The molecule has 2 amide bonds. The number of carbonyl (C=O) groups excluding carboxylic acids is 2. The van der Waals surface area contributed by atoms with Crippen molar-refractivity contribution in [2.75, 3.05) is 26.2 Å². The molecular formula is C14H25N3O2. The first-order valence-electron chi connectivity index (χ1n) is 7.45. The van der Waals surface area contributed by atoms with Crippen LogP contribution in [0, 0.1) is 0 Å². The zero-order chi connectivity index (χ0) is 13.8. The summed E-state index contributed by atoms with van der Waals surface area (Å²) in [5.74, 6) is 0.260. The summed E-state index contributed by atoms with van der Waals surface area (Å²) < 4.78 is 0. The second kappa shape index (κ2) is 6.37. The van der Waals surface area contributed by atoms with Gasteiger partial charge in [0.1, 0.15) is 6.04 Å². The smallest absolute Gasteiger partial charge is 0.245 e. The molecule has 2 rings (SSSR count). The zero-order valence-electron chi connectivity index (χ0n) is 12.0. The first-order chi connectivity index (χ1) is 9.13. The molecule has 0 saturated carbocycles. The molecule has 2 fully saturated rings. The Morgan fingerprint density at radius 1 is 1.26 bits per heavy atom. The largest absolute Gasteiger partial charge is 0.338 e. The van der Waals surface area contributed by atoms with Gasteiger partial charge in [-0.2, -0.15) is 0 Å². The van der Waals surface area contributed by atoms with Crippen molar-refractivity contribution in [1.82, 2.24) is 15.1 Å². The normalized spacial score (nSPS) is 28.3. The zero-order valence-corrected chi connectivity index (χ0v) is 12.0. The van der Waals surface area contributed by atoms with Crippen LogP contribution >= 0.6 is 0 Å². The molecule has 0 spiro atoms. The maximum atomic E-state index is 12.6. The van der Waals surface area contributed by atoms with E-state index in [9.17, 15) is 9.59 Å². The van der Waals surface area contributed by atoms with Crippen LogP contribution < -0.4 is 5.32 Å². The fourth-order valence-corrected chi connectivity index (χ4v) is 3.03. The lowest BCUT2D eigenvalue weighted by molar-refractivity contribution is -0.148. The predicted octanol–water partition coefficient (Wildman–Crippen LogP) is 0.598. The number of amides is 2. The van der Waals surface area contributed by atoms with E-state index in [1.165, 1.54) is 0 Å². The van der Waals surface area contributed by atoms with Crippen LogP contribution in [0.2, 0.25) is 0 Å². The van der Waals surface area contributed by atoms with Gasteiger partial charge in [-0.15, -0.1) is 0 Å². The minimum atomic E-state index is -0.216. The van der Waals surface area contributed by atoms with Crippen molar-refractivity contribution in [2.24, 2.45) is 0 Å². The second-order valence-corrected chi connectivity index (χ2v) is 5.59. The molecule has 2 aliphatic rings. The number of rotatable bonds is 2. The van der Waals surface area contributed by atoms with Crippen LogP contribution in [0.25, 0.3) is 0 Å². The summed E-state index contributed by atoms with van der Waals surface area (Å²) in [7, 11) is 0. The van der Waals surface area contributed by atoms with Crippen molar-refractivity contribution in [3.05, 3.63) is 0 Å². The van der Waals surface area contributed by atoms with Crippen LogP contribution in [0.4, 0.5) is 0 Å². The number of piperidine rings is 1. The molecule has 0 aromatic rings. The molecule has 0 bridgehead atoms. The maximum absolute atomic E-state index is 12.6. The number of nitrogens with one attached hydrogen (secondary N) is 1. The van der Waals surface area contributed by atoms with Crippen molar-refractivity contribution in [1.29, 1.82) is 0 Å². The van der Waals surface area contributed by atoms with Gasteiger partial charge in [-0.25, -0.2) is 0 Å². The van der Waals surface area contributed by atoms with E-state index in [2.05, 4.69) is 12.2 Å². The first-order valence-corrected chi connectivity index (χ1v) is 7.45. The third-order valence-electron chi connectivity index (χ3n) is 4.09. The molecule has 2 atom stereocenters. The molecule has 2 aliphatic heterocycles. The molecule has 5 heteroatoms. The number of carbonyl (C=O) groups is 2. The molecule has 2 saturated heterocycles. The number of nitrogens with zero attached hydrogens (tertiary/aromatic N) is 2. The van der Waals surface area contributed by atoms with E-state index in [4.69, 9.17) is 0 Å². The Balaban J connectivity index is 2.04. The van der Waals surface area contributed by atoms with Crippen LogP contribution in [-0.2, 0) is 9.59 Å². The number of hydrogen-bond donors (Lipinski definition) is 1. The quantitative estimate of drug-likeness (QED) is 0.797. The Bertz CT molecular complexity index is 346. The molecule has 0 aromatic carbocycles. The van der Waals surface area contributed by atoms with Gasteiger partial charge in [-0.3, -0.25) is 9.59 Å². The molecule has 2 heterocycles. The maximum Gasteiger partial charge on any atom is 0.245 e. The van der Waals surface area contributed by atoms with Crippen molar-refractivity contribution in [2.45, 2.75) is 51.6 Å². The van der Waals surface area contributed by atoms with Gasteiger partial charge in [0.15, 0.2) is 0 Å². The summed E-state index contributed by atoms with van der Waals surface area (Å²) in [6.45, 7) is 7.06. The van der Waals surface area contributed by atoms with Crippen LogP contribution in [0.15, 0.2) is 0 Å². The highest BCUT2D eigenvalue weighted by Gasteiger charge is 2.35. The van der Waals surface area contributed by atoms with Gasteiger partial charge in [-0.05, 0) is 26.2 Å². The van der Waals surface area contributed by atoms with Crippen molar-refractivity contribution in [3.63, 3.8) is 0 Å². The Labute approximate surface area is 115 Å². The molecule has 0 aliphatic carbocycles. The molecule has 0 aromatic heterocycles. The van der Waals surface area contributed by atoms with Crippen LogP contribution in [0.3, 0.4) is 0 Å². The average Bonchev–Trinajstić information content (AvgIpc) is 2.45. The monoisotopic (exact) mass is 267 g/mol. The molecule has 5 nitrogen and oxygen atoms in total. The summed E-state index contributed by atoms with van der Waals surface area (Å²) in [6.07, 6.45) is 3.38. The molecule has 2 unspecified atom stereocenters. The lowest BCUT2D eigenvalue weighted by Gasteiger charge is -2.40. The standard InChI is InChI=1S/C14H25N3O2/c1-3-13(18)17-8-5-4-6-12(17)14(19)16-9-7-15-11(2)10-16/h11-12,15H,3-10H2,1-2H3. The third kappa shape index (κ3) is 3.26. The van der Waals surface area contributed by atoms with Gasteiger partial charge in [-0.1, -0.05) is 6.92 Å². The highest BCUT2D eigenvalue weighted by Crippen LogP contribution is 2.20. The summed E-state index contributed by atoms with van der Waals surface area (Å²) in [5.41, 5.74) is 0. The van der Waals surface area contributed by atoms with Crippen molar-refractivity contribution < 1.29 is 9.59 Å². The van der Waals surface area contributed by atoms with Gasteiger partial charge in [0.05, 0.1) is 0 Å². The molecule has 19 heavy (non-hydrogen) atoms. The molecule has 108 valence electrons. The van der Waals surface area contributed by atoms with E-state index in [-0.39, 0.29) is 17.9 Å². The average molecular weight is 267 g/mol. The van der Waals surface area contributed by atoms with E-state index in [0.29, 0.717) is 12.5 Å². The van der Waals surface area contributed by atoms with Gasteiger partial charge < -0.3 is 15.1 Å². The van der Waals surface area contributed by atoms with Crippen LogP contribution in [-0.4, -0.2) is 59.9 Å². The lowest BCUT2D eigenvalue weighted by Crippen LogP contribution is -2.58. The van der Waals surface area contributed by atoms with Crippen molar-refractivity contribution in [3.8, 4) is 0 Å². The fourth-order valence-electron chi connectivity index (χ4n) is 3.03. The predicted molar refractivity (Wildman–Crippen MR) is 73.7 cm³/mol. The number of likely N-dealkylation sites (tertiary alicyclic amines) is 1. The Hall–Kier alpha value is -1.10. The summed E-state index contributed by atoms with van der Waals surface area (Å²) >= 11 is 0. The van der Waals surface area contributed by atoms with E-state index in [1.54, 1.807) is 4.90 Å². The molecule has 0 radical (unpaired) electrons. The van der Waals surface area contributed by atoms with E-state index in [0.717, 1.165) is 45.4 Å².